The molecule has 0 radical (unpaired) electrons. The molecule has 0 bridgehead atoms. The van der Waals surface area contributed by atoms with Crippen LogP contribution in [0.1, 0.15) is 65.7 Å². The van der Waals surface area contributed by atoms with Crippen LogP contribution in [0, 0.1) is 5.41 Å². The summed E-state index contributed by atoms with van der Waals surface area (Å²) in [4.78, 5) is 11.3. The van der Waals surface area contributed by atoms with Crippen molar-refractivity contribution in [3.8, 4) is 0 Å². The predicted octanol–water partition coefficient (Wildman–Crippen LogP) is 3.85. The van der Waals surface area contributed by atoms with Gasteiger partial charge in [0.1, 0.15) is 0 Å². The highest BCUT2D eigenvalue weighted by Crippen LogP contribution is 2.34. The van der Waals surface area contributed by atoms with E-state index in [9.17, 15) is 9.90 Å². The minimum absolute atomic E-state index is 0.438. The first kappa shape index (κ1) is 13.5. The summed E-state index contributed by atoms with van der Waals surface area (Å²) in [6.45, 7) is 6.23. The molecule has 0 saturated heterocycles. The first-order chi connectivity index (χ1) is 6.63. The van der Waals surface area contributed by atoms with E-state index in [1.54, 1.807) is 0 Å². The highest BCUT2D eigenvalue weighted by atomic mass is 16.4. The van der Waals surface area contributed by atoms with Crippen LogP contribution in [0.25, 0.3) is 0 Å². The monoisotopic (exact) mass is 200 g/mol. The molecule has 0 heterocycles. The van der Waals surface area contributed by atoms with Gasteiger partial charge in [0.2, 0.25) is 0 Å². The molecular weight excluding hydrogens is 176 g/mol. The fourth-order valence-electron chi connectivity index (χ4n) is 1.87. The van der Waals surface area contributed by atoms with Gasteiger partial charge in [-0.05, 0) is 19.3 Å². The van der Waals surface area contributed by atoms with Crippen molar-refractivity contribution >= 4 is 5.97 Å². The Morgan fingerprint density at radius 3 is 1.71 bits per heavy atom. The molecule has 0 aromatic heterocycles. The Balaban J connectivity index is 4.35. The maximum absolute atomic E-state index is 11.3. The summed E-state index contributed by atoms with van der Waals surface area (Å²) < 4.78 is 0. The molecule has 0 fully saturated rings. The second-order valence-electron chi connectivity index (χ2n) is 4.15. The maximum Gasteiger partial charge on any atom is 0.309 e. The van der Waals surface area contributed by atoms with Crippen LogP contribution >= 0.6 is 0 Å². The van der Waals surface area contributed by atoms with Gasteiger partial charge in [0.05, 0.1) is 5.41 Å². The van der Waals surface area contributed by atoms with Crippen LogP contribution in [0.15, 0.2) is 0 Å². The molecule has 0 rings (SSSR count). The van der Waals surface area contributed by atoms with Crippen LogP contribution < -0.4 is 0 Å². The zero-order chi connectivity index (χ0) is 11.0. The third-order valence-corrected chi connectivity index (χ3v) is 3.15. The molecule has 0 saturated carbocycles. The van der Waals surface area contributed by atoms with Gasteiger partial charge in [0.15, 0.2) is 0 Å². The lowest BCUT2D eigenvalue weighted by Gasteiger charge is -2.28. The number of carboxylic acid groups (broad SMARTS) is 1. The molecule has 0 aliphatic rings. The Bertz CT molecular complexity index is 156. The normalized spacial score (nSPS) is 11.6. The van der Waals surface area contributed by atoms with Gasteiger partial charge in [-0.2, -0.15) is 0 Å². The van der Waals surface area contributed by atoms with Gasteiger partial charge in [0.25, 0.3) is 0 Å². The van der Waals surface area contributed by atoms with E-state index in [-0.39, 0.29) is 0 Å². The summed E-state index contributed by atoms with van der Waals surface area (Å²) in [5.74, 6) is -0.595. The van der Waals surface area contributed by atoms with E-state index in [2.05, 4.69) is 13.8 Å². The van der Waals surface area contributed by atoms with E-state index < -0.39 is 11.4 Å². The molecule has 0 spiro atoms. The summed E-state index contributed by atoms with van der Waals surface area (Å²) in [6, 6.07) is 0. The molecule has 2 nitrogen and oxygen atoms in total. The van der Waals surface area contributed by atoms with Crippen molar-refractivity contribution < 1.29 is 9.90 Å². The van der Waals surface area contributed by atoms with Gasteiger partial charge in [-0.25, -0.2) is 0 Å². The van der Waals surface area contributed by atoms with Gasteiger partial charge in [0, 0.05) is 0 Å². The third kappa shape index (κ3) is 3.69. The second kappa shape index (κ2) is 6.86. The first-order valence-corrected chi connectivity index (χ1v) is 5.86. The summed E-state index contributed by atoms with van der Waals surface area (Å²) in [5.41, 5.74) is -0.438. The molecule has 84 valence electrons. The number of hydrogen-bond donors (Lipinski definition) is 1. The van der Waals surface area contributed by atoms with Crippen molar-refractivity contribution in [3.63, 3.8) is 0 Å². The average molecular weight is 200 g/mol. The van der Waals surface area contributed by atoms with Crippen LogP contribution in [-0.2, 0) is 4.79 Å². The van der Waals surface area contributed by atoms with E-state index in [0.717, 1.165) is 44.9 Å². The number of carboxylic acids is 1. The fourth-order valence-corrected chi connectivity index (χ4v) is 1.87. The quantitative estimate of drug-likeness (QED) is 0.646. The Labute approximate surface area is 87.7 Å². The molecule has 0 aromatic rings. The lowest BCUT2D eigenvalue weighted by molar-refractivity contribution is -0.150. The average Bonchev–Trinajstić information content (AvgIpc) is 2.18. The summed E-state index contributed by atoms with van der Waals surface area (Å²) in [7, 11) is 0. The number of hydrogen-bond acceptors (Lipinski definition) is 1. The third-order valence-electron chi connectivity index (χ3n) is 3.15. The summed E-state index contributed by atoms with van der Waals surface area (Å²) in [6.07, 6.45) is 6.68. The highest BCUT2D eigenvalue weighted by molar-refractivity contribution is 5.74. The minimum atomic E-state index is -0.595. The number of unbranched alkanes of at least 4 members (excludes halogenated alkanes) is 2. The topological polar surface area (TPSA) is 37.3 Å². The molecule has 0 amide bonds. The van der Waals surface area contributed by atoms with Crippen LogP contribution in [0.5, 0.6) is 0 Å². The second-order valence-corrected chi connectivity index (χ2v) is 4.15. The SMILES string of the molecule is CCCCC(CC)(CCCC)C(=O)O. The van der Waals surface area contributed by atoms with Crippen molar-refractivity contribution in [2.24, 2.45) is 5.41 Å². The van der Waals surface area contributed by atoms with Crippen LogP contribution in [0.4, 0.5) is 0 Å². The van der Waals surface area contributed by atoms with E-state index in [1.807, 2.05) is 6.92 Å². The zero-order valence-corrected chi connectivity index (χ0v) is 9.81. The lowest BCUT2D eigenvalue weighted by atomic mass is 9.76. The van der Waals surface area contributed by atoms with Crippen molar-refractivity contribution in [1.82, 2.24) is 0 Å². The van der Waals surface area contributed by atoms with Crippen molar-refractivity contribution in [3.05, 3.63) is 0 Å². The van der Waals surface area contributed by atoms with Gasteiger partial charge in [-0.3, -0.25) is 4.79 Å². The number of carbonyl (C=O) groups is 1. The smallest absolute Gasteiger partial charge is 0.309 e. The van der Waals surface area contributed by atoms with Crippen LogP contribution in [0.3, 0.4) is 0 Å². The van der Waals surface area contributed by atoms with Crippen LogP contribution in [0.2, 0.25) is 0 Å². The summed E-state index contributed by atoms with van der Waals surface area (Å²) >= 11 is 0. The van der Waals surface area contributed by atoms with Gasteiger partial charge in [-0.15, -0.1) is 0 Å². The van der Waals surface area contributed by atoms with Crippen molar-refractivity contribution in [1.29, 1.82) is 0 Å². The fraction of sp³-hybridized carbons (Fsp3) is 0.917. The molecule has 0 aliphatic carbocycles. The van der Waals surface area contributed by atoms with Crippen LogP contribution in [-0.4, -0.2) is 11.1 Å². The van der Waals surface area contributed by atoms with Crippen molar-refractivity contribution in [2.45, 2.75) is 65.7 Å². The molecule has 2 heteroatoms. The predicted molar refractivity (Wildman–Crippen MR) is 59.4 cm³/mol. The van der Waals surface area contributed by atoms with E-state index in [4.69, 9.17) is 0 Å². The number of rotatable bonds is 8. The van der Waals surface area contributed by atoms with E-state index >= 15 is 0 Å². The van der Waals surface area contributed by atoms with E-state index in [0.29, 0.717) is 0 Å². The number of aliphatic carboxylic acids is 1. The van der Waals surface area contributed by atoms with Gasteiger partial charge >= 0.3 is 5.97 Å². The Kier molecular flexibility index (Phi) is 6.60. The summed E-state index contributed by atoms with van der Waals surface area (Å²) in [5, 5.41) is 9.28. The van der Waals surface area contributed by atoms with Crippen molar-refractivity contribution in [2.75, 3.05) is 0 Å². The standard InChI is InChI=1S/C12H24O2/c1-4-7-9-12(6-3,11(13)14)10-8-5-2/h4-10H2,1-3H3,(H,13,14). The molecular formula is C12H24O2. The molecule has 1 N–H and O–H groups in total. The Hall–Kier alpha value is -0.530. The van der Waals surface area contributed by atoms with Gasteiger partial charge in [-0.1, -0.05) is 46.5 Å². The Morgan fingerprint density at radius 2 is 1.50 bits per heavy atom. The highest BCUT2D eigenvalue weighted by Gasteiger charge is 2.34. The zero-order valence-electron chi connectivity index (χ0n) is 9.81. The largest absolute Gasteiger partial charge is 0.481 e. The molecule has 0 aromatic carbocycles. The lowest BCUT2D eigenvalue weighted by Crippen LogP contribution is -2.30. The van der Waals surface area contributed by atoms with E-state index in [1.165, 1.54) is 0 Å². The first-order valence-electron chi connectivity index (χ1n) is 5.86. The molecule has 14 heavy (non-hydrogen) atoms. The molecule has 0 atom stereocenters. The maximum atomic E-state index is 11.3. The molecule has 0 unspecified atom stereocenters. The Morgan fingerprint density at radius 1 is 1.07 bits per heavy atom. The minimum Gasteiger partial charge on any atom is -0.481 e. The molecule has 0 aliphatic heterocycles. The van der Waals surface area contributed by atoms with Gasteiger partial charge < -0.3 is 5.11 Å².